The second kappa shape index (κ2) is 8.25. The van der Waals surface area contributed by atoms with Gasteiger partial charge in [-0.2, -0.15) is 0 Å². The molecule has 0 radical (unpaired) electrons. The van der Waals surface area contributed by atoms with Gasteiger partial charge < -0.3 is 15.4 Å². The molecule has 122 valence electrons. The molecule has 22 heavy (non-hydrogen) atoms. The van der Waals surface area contributed by atoms with Crippen LogP contribution in [-0.4, -0.2) is 36.1 Å². The highest BCUT2D eigenvalue weighted by Gasteiger charge is 2.22. The first-order valence-electron chi connectivity index (χ1n) is 7.94. The minimum Gasteiger partial charge on any atom is -0.376 e. The van der Waals surface area contributed by atoms with Crippen molar-refractivity contribution in [2.24, 2.45) is 5.73 Å². The molecule has 1 amide bonds. The summed E-state index contributed by atoms with van der Waals surface area (Å²) in [5.74, 6) is -0.227. The number of ether oxygens (including phenoxy) is 1. The summed E-state index contributed by atoms with van der Waals surface area (Å²) in [4.78, 5) is 14.2. The zero-order valence-corrected chi connectivity index (χ0v) is 13.1. The van der Waals surface area contributed by atoms with E-state index in [0.29, 0.717) is 25.9 Å². The summed E-state index contributed by atoms with van der Waals surface area (Å²) >= 11 is 0. The molecule has 1 aliphatic rings. The van der Waals surface area contributed by atoms with Crippen LogP contribution in [0.4, 0.5) is 4.39 Å². The van der Waals surface area contributed by atoms with Crippen molar-refractivity contribution >= 4 is 5.91 Å². The van der Waals surface area contributed by atoms with E-state index >= 15 is 0 Å². The lowest BCUT2D eigenvalue weighted by molar-refractivity contribution is -0.133. The van der Waals surface area contributed by atoms with Gasteiger partial charge in [0.15, 0.2) is 0 Å². The fourth-order valence-electron chi connectivity index (χ4n) is 2.65. The van der Waals surface area contributed by atoms with Crippen LogP contribution in [0.2, 0.25) is 0 Å². The molecule has 0 aliphatic carbocycles. The Hall–Kier alpha value is -1.46. The Labute approximate surface area is 131 Å². The number of halogens is 1. The maximum Gasteiger partial charge on any atom is 0.223 e. The summed E-state index contributed by atoms with van der Waals surface area (Å²) in [6, 6.07) is 6.39. The monoisotopic (exact) mass is 308 g/mol. The molecule has 1 saturated heterocycles. The van der Waals surface area contributed by atoms with Gasteiger partial charge >= 0.3 is 0 Å². The summed E-state index contributed by atoms with van der Waals surface area (Å²) in [6.45, 7) is 3.63. The molecule has 2 rings (SSSR count). The molecule has 1 aromatic carbocycles. The van der Waals surface area contributed by atoms with Gasteiger partial charge in [0, 0.05) is 32.2 Å². The number of carbonyl (C=O) groups is 1. The molecule has 4 nitrogen and oxygen atoms in total. The van der Waals surface area contributed by atoms with E-state index in [2.05, 4.69) is 0 Å². The minimum atomic E-state index is -0.280. The molecule has 2 atom stereocenters. The first-order chi connectivity index (χ1) is 10.5. The molecule has 1 aliphatic heterocycles. The number of rotatable bonds is 7. The van der Waals surface area contributed by atoms with E-state index in [1.54, 1.807) is 11.0 Å². The van der Waals surface area contributed by atoms with Crippen molar-refractivity contribution in [1.82, 2.24) is 4.90 Å². The van der Waals surface area contributed by atoms with Crippen molar-refractivity contribution in [2.45, 2.75) is 51.3 Å². The maximum absolute atomic E-state index is 13.3. The zero-order valence-electron chi connectivity index (χ0n) is 13.1. The van der Waals surface area contributed by atoms with Gasteiger partial charge in [-0.1, -0.05) is 12.1 Å². The first-order valence-corrected chi connectivity index (χ1v) is 7.94. The van der Waals surface area contributed by atoms with Crippen LogP contribution in [0.5, 0.6) is 0 Å². The molecule has 0 spiro atoms. The van der Waals surface area contributed by atoms with Gasteiger partial charge in [-0.05, 0) is 43.9 Å². The standard InChI is InChI=1S/C17H25FN2O2/c1-13(19)7-8-17(21)20(12-16-6-3-9-22-16)11-14-4-2-5-15(18)10-14/h2,4-5,10,13,16H,3,6-9,11-12,19H2,1H3. The minimum absolute atomic E-state index is 0.00250. The van der Waals surface area contributed by atoms with Crippen molar-refractivity contribution in [3.05, 3.63) is 35.6 Å². The average molecular weight is 308 g/mol. The largest absolute Gasteiger partial charge is 0.376 e. The summed E-state index contributed by atoms with van der Waals surface area (Å²) in [5, 5.41) is 0. The van der Waals surface area contributed by atoms with E-state index in [1.165, 1.54) is 12.1 Å². The predicted molar refractivity (Wildman–Crippen MR) is 83.7 cm³/mol. The summed E-state index contributed by atoms with van der Waals surface area (Å²) in [5.41, 5.74) is 6.53. The Morgan fingerprint density at radius 2 is 2.36 bits per heavy atom. The number of nitrogens with zero attached hydrogens (tertiary/aromatic N) is 1. The number of carbonyl (C=O) groups excluding carboxylic acids is 1. The lowest BCUT2D eigenvalue weighted by atomic mass is 10.1. The molecule has 0 aromatic heterocycles. The third kappa shape index (κ3) is 5.39. The van der Waals surface area contributed by atoms with Crippen LogP contribution < -0.4 is 5.73 Å². The number of benzene rings is 1. The van der Waals surface area contributed by atoms with Crippen molar-refractivity contribution in [3.63, 3.8) is 0 Å². The number of hydrogen-bond acceptors (Lipinski definition) is 3. The maximum atomic E-state index is 13.3. The van der Waals surface area contributed by atoms with Crippen LogP contribution in [0.15, 0.2) is 24.3 Å². The second-order valence-electron chi connectivity index (χ2n) is 6.06. The van der Waals surface area contributed by atoms with Gasteiger partial charge in [0.1, 0.15) is 5.82 Å². The summed E-state index contributed by atoms with van der Waals surface area (Å²) < 4.78 is 19.0. The second-order valence-corrected chi connectivity index (χ2v) is 6.06. The fourth-order valence-corrected chi connectivity index (χ4v) is 2.65. The number of amides is 1. The lowest BCUT2D eigenvalue weighted by Crippen LogP contribution is -2.37. The van der Waals surface area contributed by atoms with Crippen molar-refractivity contribution < 1.29 is 13.9 Å². The van der Waals surface area contributed by atoms with E-state index in [-0.39, 0.29) is 23.9 Å². The Morgan fingerprint density at radius 3 is 3.00 bits per heavy atom. The third-order valence-electron chi connectivity index (χ3n) is 3.88. The highest BCUT2D eigenvalue weighted by Crippen LogP contribution is 2.17. The van der Waals surface area contributed by atoms with Gasteiger partial charge in [-0.25, -0.2) is 4.39 Å². The van der Waals surface area contributed by atoms with Crippen LogP contribution in [0.1, 0.15) is 38.2 Å². The third-order valence-corrected chi connectivity index (χ3v) is 3.88. The van der Waals surface area contributed by atoms with E-state index in [4.69, 9.17) is 10.5 Å². The Kier molecular flexibility index (Phi) is 6.34. The Bertz CT molecular complexity index is 487. The van der Waals surface area contributed by atoms with Crippen LogP contribution >= 0.6 is 0 Å². The van der Waals surface area contributed by atoms with E-state index in [1.807, 2.05) is 13.0 Å². The van der Waals surface area contributed by atoms with Crippen LogP contribution in [0.3, 0.4) is 0 Å². The van der Waals surface area contributed by atoms with E-state index < -0.39 is 0 Å². The number of nitrogens with two attached hydrogens (primary N) is 1. The van der Waals surface area contributed by atoms with Crippen molar-refractivity contribution in [3.8, 4) is 0 Å². The van der Waals surface area contributed by atoms with Crippen LogP contribution in [0, 0.1) is 5.82 Å². The first kappa shape index (κ1) is 16.9. The molecule has 1 heterocycles. The van der Waals surface area contributed by atoms with Crippen LogP contribution in [0.25, 0.3) is 0 Å². The van der Waals surface area contributed by atoms with Gasteiger partial charge in [0.25, 0.3) is 0 Å². The predicted octanol–water partition coefficient (Wildman–Crippen LogP) is 2.46. The molecule has 2 unspecified atom stereocenters. The molecule has 0 bridgehead atoms. The normalized spacial score (nSPS) is 19.1. The molecule has 0 saturated carbocycles. The molecular weight excluding hydrogens is 283 g/mol. The molecule has 5 heteroatoms. The SMILES string of the molecule is CC(N)CCC(=O)N(Cc1cccc(F)c1)CC1CCCO1. The van der Waals surface area contributed by atoms with Crippen molar-refractivity contribution in [2.75, 3.05) is 13.2 Å². The lowest BCUT2D eigenvalue weighted by Gasteiger charge is -2.26. The summed E-state index contributed by atoms with van der Waals surface area (Å²) in [7, 11) is 0. The fraction of sp³-hybridized carbons (Fsp3) is 0.588. The molecule has 1 aromatic rings. The Balaban J connectivity index is 2.01. The highest BCUT2D eigenvalue weighted by atomic mass is 19.1. The molecule has 1 fully saturated rings. The molecule has 2 N–H and O–H groups in total. The highest BCUT2D eigenvalue weighted by molar-refractivity contribution is 5.76. The van der Waals surface area contributed by atoms with Crippen LogP contribution in [-0.2, 0) is 16.1 Å². The molecular formula is C17H25FN2O2. The Morgan fingerprint density at radius 1 is 1.55 bits per heavy atom. The average Bonchev–Trinajstić information content (AvgIpc) is 2.97. The number of hydrogen-bond donors (Lipinski definition) is 1. The summed E-state index contributed by atoms with van der Waals surface area (Å²) in [6.07, 6.45) is 3.17. The van der Waals surface area contributed by atoms with Gasteiger partial charge in [-0.3, -0.25) is 4.79 Å². The van der Waals surface area contributed by atoms with Crippen molar-refractivity contribution in [1.29, 1.82) is 0 Å². The topological polar surface area (TPSA) is 55.6 Å². The smallest absolute Gasteiger partial charge is 0.223 e. The quantitative estimate of drug-likeness (QED) is 0.842. The van der Waals surface area contributed by atoms with Gasteiger partial charge in [0.2, 0.25) is 5.91 Å². The van der Waals surface area contributed by atoms with E-state index in [0.717, 1.165) is 25.0 Å². The van der Waals surface area contributed by atoms with E-state index in [9.17, 15) is 9.18 Å². The van der Waals surface area contributed by atoms with Gasteiger partial charge in [-0.15, -0.1) is 0 Å². The zero-order chi connectivity index (χ0) is 15.9. The van der Waals surface area contributed by atoms with Gasteiger partial charge in [0.05, 0.1) is 6.10 Å².